The summed E-state index contributed by atoms with van der Waals surface area (Å²) in [7, 11) is 0. The van der Waals surface area contributed by atoms with Crippen LogP contribution in [0.4, 0.5) is 0 Å². The van der Waals surface area contributed by atoms with Crippen LogP contribution in [-0.2, 0) is 6.54 Å². The maximum absolute atomic E-state index is 11.4. The lowest BCUT2D eigenvalue weighted by Crippen LogP contribution is -2.11. The van der Waals surface area contributed by atoms with Crippen molar-refractivity contribution in [1.29, 1.82) is 0 Å². The number of aromatic carboxylic acids is 1. The standard InChI is InChI=1S/C15H20N2O2/c1-9(2)8-17-13-11(15(18)19)6-5-7-12(13)16-14(17)10(3)4/h5-7,9-10H,8H2,1-4H3,(H,18,19). The molecule has 1 aromatic heterocycles. The van der Waals surface area contributed by atoms with Gasteiger partial charge in [0, 0.05) is 12.5 Å². The second kappa shape index (κ2) is 5.03. The number of hydrogen-bond donors (Lipinski definition) is 1. The molecule has 0 bridgehead atoms. The lowest BCUT2D eigenvalue weighted by Gasteiger charge is -2.14. The molecule has 2 aromatic rings. The van der Waals surface area contributed by atoms with Crippen molar-refractivity contribution in [2.75, 3.05) is 0 Å². The van der Waals surface area contributed by atoms with Crippen LogP contribution in [0, 0.1) is 5.92 Å². The summed E-state index contributed by atoms with van der Waals surface area (Å²) >= 11 is 0. The van der Waals surface area contributed by atoms with E-state index >= 15 is 0 Å². The zero-order chi connectivity index (χ0) is 14.2. The van der Waals surface area contributed by atoms with Crippen molar-refractivity contribution in [3.8, 4) is 0 Å². The van der Waals surface area contributed by atoms with Crippen molar-refractivity contribution in [3.05, 3.63) is 29.6 Å². The van der Waals surface area contributed by atoms with Gasteiger partial charge >= 0.3 is 5.97 Å². The molecule has 0 unspecified atom stereocenters. The molecular formula is C15H20N2O2. The normalized spacial score (nSPS) is 11.7. The van der Waals surface area contributed by atoms with E-state index < -0.39 is 5.97 Å². The number of carboxylic acid groups (broad SMARTS) is 1. The Bertz CT molecular complexity index is 612. The van der Waals surface area contributed by atoms with E-state index in [4.69, 9.17) is 0 Å². The molecular weight excluding hydrogens is 240 g/mol. The summed E-state index contributed by atoms with van der Waals surface area (Å²) in [6.45, 7) is 9.20. The Labute approximate surface area is 113 Å². The number of carbonyl (C=O) groups is 1. The number of rotatable bonds is 4. The topological polar surface area (TPSA) is 55.1 Å². The second-order valence-corrected chi connectivity index (χ2v) is 5.61. The number of carboxylic acids is 1. The number of nitrogens with zero attached hydrogens (tertiary/aromatic N) is 2. The van der Waals surface area contributed by atoms with E-state index in [1.165, 1.54) is 0 Å². The smallest absolute Gasteiger partial charge is 0.337 e. The largest absolute Gasteiger partial charge is 0.478 e. The van der Waals surface area contributed by atoms with E-state index in [2.05, 4.69) is 37.2 Å². The molecule has 0 aliphatic carbocycles. The predicted octanol–water partition coefficient (Wildman–Crippen LogP) is 3.51. The Balaban J connectivity index is 2.77. The molecule has 1 aromatic carbocycles. The van der Waals surface area contributed by atoms with Crippen molar-refractivity contribution in [3.63, 3.8) is 0 Å². The van der Waals surface area contributed by atoms with Gasteiger partial charge in [-0.25, -0.2) is 9.78 Å². The maximum Gasteiger partial charge on any atom is 0.337 e. The summed E-state index contributed by atoms with van der Waals surface area (Å²) in [4.78, 5) is 16.0. The first-order chi connectivity index (χ1) is 8.91. The first kappa shape index (κ1) is 13.6. The van der Waals surface area contributed by atoms with Gasteiger partial charge in [0.2, 0.25) is 0 Å². The zero-order valence-corrected chi connectivity index (χ0v) is 11.8. The zero-order valence-electron chi connectivity index (χ0n) is 11.8. The molecule has 0 aliphatic heterocycles. The van der Waals surface area contributed by atoms with Crippen LogP contribution in [0.2, 0.25) is 0 Å². The molecule has 0 aliphatic rings. The average molecular weight is 260 g/mol. The van der Waals surface area contributed by atoms with Gasteiger partial charge < -0.3 is 9.67 Å². The van der Waals surface area contributed by atoms with Crippen molar-refractivity contribution >= 4 is 17.0 Å². The molecule has 0 radical (unpaired) electrons. The maximum atomic E-state index is 11.4. The van der Waals surface area contributed by atoms with E-state index in [0.29, 0.717) is 11.5 Å². The number of hydrogen-bond acceptors (Lipinski definition) is 2. The van der Waals surface area contributed by atoms with E-state index in [1.54, 1.807) is 12.1 Å². The van der Waals surface area contributed by atoms with Crippen LogP contribution < -0.4 is 0 Å². The fraction of sp³-hybridized carbons (Fsp3) is 0.467. The molecule has 4 nitrogen and oxygen atoms in total. The Hall–Kier alpha value is -1.84. The third-order valence-electron chi connectivity index (χ3n) is 3.09. The first-order valence-corrected chi connectivity index (χ1v) is 6.64. The second-order valence-electron chi connectivity index (χ2n) is 5.61. The first-order valence-electron chi connectivity index (χ1n) is 6.64. The van der Waals surface area contributed by atoms with Gasteiger partial charge in [-0.05, 0) is 18.1 Å². The molecule has 0 fully saturated rings. The summed E-state index contributed by atoms with van der Waals surface area (Å²) in [5.74, 6) is 0.771. The summed E-state index contributed by atoms with van der Waals surface area (Å²) in [6.07, 6.45) is 0. The van der Waals surface area contributed by atoms with Crippen LogP contribution in [-0.4, -0.2) is 20.6 Å². The molecule has 0 spiro atoms. The number of fused-ring (bicyclic) bond motifs is 1. The molecule has 1 heterocycles. The molecule has 19 heavy (non-hydrogen) atoms. The monoisotopic (exact) mass is 260 g/mol. The molecule has 0 atom stereocenters. The molecule has 0 saturated heterocycles. The molecule has 102 valence electrons. The highest BCUT2D eigenvalue weighted by Gasteiger charge is 2.19. The third-order valence-corrected chi connectivity index (χ3v) is 3.09. The predicted molar refractivity (Wildman–Crippen MR) is 75.6 cm³/mol. The van der Waals surface area contributed by atoms with Crippen LogP contribution in [0.5, 0.6) is 0 Å². The van der Waals surface area contributed by atoms with Gasteiger partial charge in [0.15, 0.2) is 0 Å². The minimum Gasteiger partial charge on any atom is -0.478 e. The van der Waals surface area contributed by atoms with Crippen LogP contribution in [0.3, 0.4) is 0 Å². The van der Waals surface area contributed by atoms with Gasteiger partial charge in [-0.2, -0.15) is 0 Å². The van der Waals surface area contributed by atoms with Gasteiger partial charge in [-0.3, -0.25) is 0 Å². The Kier molecular flexibility index (Phi) is 3.60. The van der Waals surface area contributed by atoms with Crippen LogP contribution in [0.15, 0.2) is 18.2 Å². The molecule has 0 saturated carbocycles. The average Bonchev–Trinajstić information content (AvgIpc) is 2.67. The number of benzene rings is 1. The van der Waals surface area contributed by atoms with Crippen LogP contribution >= 0.6 is 0 Å². The van der Waals surface area contributed by atoms with Crippen molar-refractivity contribution in [2.45, 2.75) is 40.2 Å². The highest BCUT2D eigenvalue weighted by Crippen LogP contribution is 2.26. The van der Waals surface area contributed by atoms with Gasteiger partial charge in [-0.15, -0.1) is 0 Å². The van der Waals surface area contributed by atoms with E-state index in [1.807, 2.05) is 6.07 Å². The Morgan fingerprint density at radius 3 is 2.53 bits per heavy atom. The van der Waals surface area contributed by atoms with Crippen LogP contribution in [0.1, 0.15) is 49.8 Å². The molecule has 0 amide bonds. The lowest BCUT2D eigenvalue weighted by molar-refractivity contribution is 0.0698. The fourth-order valence-corrected chi connectivity index (χ4v) is 2.37. The Morgan fingerprint density at radius 1 is 1.32 bits per heavy atom. The highest BCUT2D eigenvalue weighted by molar-refractivity contribution is 6.01. The fourth-order valence-electron chi connectivity index (χ4n) is 2.37. The van der Waals surface area contributed by atoms with E-state index in [-0.39, 0.29) is 5.92 Å². The molecule has 1 N–H and O–H groups in total. The number of aromatic nitrogens is 2. The minimum absolute atomic E-state index is 0.271. The summed E-state index contributed by atoms with van der Waals surface area (Å²) in [6, 6.07) is 5.28. The van der Waals surface area contributed by atoms with Gasteiger partial charge in [0.25, 0.3) is 0 Å². The molecule has 2 rings (SSSR count). The van der Waals surface area contributed by atoms with Gasteiger partial charge in [-0.1, -0.05) is 33.8 Å². The van der Waals surface area contributed by atoms with Crippen LogP contribution in [0.25, 0.3) is 11.0 Å². The number of imidazole rings is 1. The highest BCUT2D eigenvalue weighted by atomic mass is 16.4. The molecule has 4 heteroatoms. The van der Waals surface area contributed by atoms with Crippen molar-refractivity contribution < 1.29 is 9.90 Å². The number of para-hydroxylation sites is 1. The van der Waals surface area contributed by atoms with Gasteiger partial charge in [0.05, 0.1) is 16.6 Å². The Morgan fingerprint density at radius 2 is 2.00 bits per heavy atom. The minimum atomic E-state index is -0.897. The van der Waals surface area contributed by atoms with Crippen molar-refractivity contribution in [2.24, 2.45) is 5.92 Å². The summed E-state index contributed by atoms with van der Waals surface area (Å²) < 4.78 is 2.06. The third kappa shape index (κ3) is 2.48. The van der Waals surface area contributed by atoms with E-state index in [9.17, 15) is 9.90 Å². The van der Waals surface area contributed by atoms with Crippen molar-refractivity contribution in [1.82, 2.24) is 9.55 Å². The lowest BCUT2D eigenvalue weighted by atomic mass is 10.1. The SMILES string of the molecule is CC(C)Cn1c(C(C)C)nc2cccc(C(=O)O)c21. The van der Waals surface area contributed by atoms with Gasteiger partial charge in [0.1, 0.15) is 5.82 Å². The quantitative estimate of drug-likeness (QED) is 0.915. The summed E-state index contributed by atoms with van der Waals surface area (Å²) in [5.41, 5.74) is 1.84. The summed E-state index contributed by atoms with van der Waals surface area (Å²) in [5, 5.41) is 9.35. The van der Waals surface area contributed by atoms with E-state index in [0.717, 1.165) is 23.4 Å².